The maximum absolute atomic E-state index is 12.0. The van der Waals surface area contributed by atoms with Crippen molar-refractivity contribution >= 4 is 29.1 Å². The molecule has 36 heavy (non-hydrogen) atoms. The van der Waals surface area contributed by atoms with Gasteiger partial charge in [-0.25, -0.2) is 9.97 Å². The zero-order valence-corrected chi connectivity index (χ0v) is 20.9. The van der Waals surface area contributed by atoms with E-state index in [9.17, 15) is 9.59 Å². The number of hydrogen-bond acceptors (Lipinski definition) is 7. The predicted molar refractivity (Wildman–Crippen MR) is 140 cm³/mol. The van der Waals surface area contributed by atoms with Gasteiger partial charge in [-0.1, -0.05) is 18.7 Å². The average Bonchev–Trinajstić information content (AvgIpc) is 3.64. The zero-order chi connectivity index (χ0) is 25.2. The Bertz CT molecular complexity index is 1120. The van der Waals surface area contributed by atoms with Crippen molar-refractivity contribution in [1.29, 1.82) is 0 Å². The minimum atomic E-state index is -0.637. The molecule has 0 radical (unpaired) electrons. The Balaban J connectivity index is 1.27. The molecule has 3 N–H and O–H groups in total. The van der Waals surface area contributed by atoms with Gasteiger partial charge in [-0.3, -0.25) is 9.59 Å². The molecule has 2 saturated heterocycles. The summed E-state index contributed by atoms with van der Waals surface area (Å²) in [5.74, 6) is 0.821. The molecule has 1 atom stereocenters. The number of likely N-dealkylation sites (N-methyl/N-ethyl adjacent to an activating group) is 1. The third-order valence-electron chi connectivity index (χ3n) is 7.79. The molecule has 2 aliphatic heterocycles. The molecule has 1 aromatic heterocycles. The summed E-state index contributed by atoms with van der Waals surface area (Å²) in [4.78, 5) is 39.4. The molecule has 0 spiro atoms. The Morgan fingerprint density at radius 3 is 2.47 bits per heavy atom. The molecule has 0 unspecified atom stereocenters. The number of benzene rings is 1. The first kappa shape index (κ1) is 24.2. The highest BCUT2D eigenvalue weighted by Gasteiger charge is 2.32. The lowest BCUT2D eigenvalue weighted by atomic mass is 9.89. The van der Waals surface area contributed by atoms with Crippen LogP contribution in [0, 0.1) is 0 Å². The van der Waals surface area contributed by atoms with Crippen LogP contribution in [-0.2, 0) is 4.79 Å². The van der Waals surface area contributed by atoms with Gasteiger partial charge in [-0.15, -0.1) is 0 Å². The summed E-state index contributed by atoms with van der Waals surface area (Å²) < 4.78 is 0. The number of amides is 2. The fraction of sp³-hybridized carbons (Fsp3) is 0.481. The van der Waals surface area contributed by atoms with Crippen molar-refractivity contribution in [2.75, 3.05) is 43.4 Å². The lowest BCUT2D eigenvalue weighted by Gasteiger charge is -2.32. The van der Waals surface area contributed by atoms with E-state index in [2.05, 4.69) is 38.9 Å². The number of carbonyl (C=O) groups excluding carboxylic acids is 2. The molecule has 5 rings (SSSR count). The van der Waals surface area contributed by atoms with Gasteiger partial charge in [0, 0.05) is 37.9 Å². The minimum absolute atomic E-state index is 0.0691. The Hall–Kier alpha value is -3.46. The largest absolute Gasteiger partial charge is 0.364 e. The lowest BCUT2D eigenvalue weighted by molar-refractivity contribution is -0.125. The van der Waals surface area contributed by atoms with Gasteiger partial charge in [0.2, 0.25) is 5.91 Å². The molecule has 1 saturated carbocycles. The van der Waals surface area contributed by atoms with Crippen molar-refractivity contribution in [3.8, 4) is 0 Å². The van der Waals surface area contributed by atoms with Gasteiger partial charge in [0.05, 0.1) is 6.20 Å². The number of nitrogens with two attached hydrogens (primary N) is 1. The Morgan fingerprint density at radius 2 is 1.83 bits per heavy atom. The lowest BCUT2D eigenvalue weighted by Crippen LogP contribution is -2.36. The molecular formula is C27H35N7O2. The number of piperidine rings is 1. The number of nitrogens with one attached hydrogen (secondary N) is 1. The number of nitrogens with zero attached hydrogens (tertiary/aromatic N) is 5. The third kappa shape index (κ3) is 5.21. The van der Waals surface area contributed by atoms with Crippen molar-refractivity contribution in [2.45, 2.75) is 50.1 Å². The quantitative estimate of drug-likeness (QED) is 0.549. The van der Waals surface area contributed by atoms with Gasteiger partial charge in [0.1, 0.15) is 5.82 Å². The van der Waals surface area contributed by atoms with Gasteiger partial charge in [0.25, 0.3) is 5.91 Å². The average molecular weight is 490 g/mol. The monoisotopic (exact) mass is 489 g/mol. The van der Waals surface area contributed by atoms with E-state index in [1.54, 1.807) is 11.1 Å². The Labute approximate surface area is 212 Å². The van der Waals surface area contributed by atoms with Crippen molar-refractivity contribution in [3.63, 3.8) is 0 Å². The summed E-state index contributed by atoms with van der Waals surface area (Å²) >= 11 is 0. The van der Waals surface area contributed by atoms with Crippen LogP contribution in [0.1, 0.15) is 54.1 Å². The van der Waals surface area contributed by atoms with E-state index in [1.807, 2.05) is 24.1 Å². The van der Waals surface area contributed by atoms with Crippen molar-refractivity contribution in [1.82, 2.24) is 19.8 Å². The fourth-order valence-electron chi connectivity index (χ4n) is 5.40. The summed E-state index contributed by atoms with van der Waals surface area (Å²) in [7, 11) is 1.92. The molecule has 9 heteroatoms. The van der Waals surface area contributed by atoms with E-state index in [0.29, 0.717) is 30.6 Å². The van der Waals surface area contributed by atoms with Crippen LogP contribution in [0.25, 0.3) is 0 Å². The van der Waals surface area contributed by atoms with Crippen LogP contribution in [0.2, 0.25) is 0 Å². The first-order valence-electron chi connectivity index (χ1n) is 12.8. The van der Waals surface area contributed by atoms with Crippen molar-refractivity contribution < 1.29 is 9.59 Å². The van der Waals surface area contributed by atoms with E-state index in [0.717, 1.165) is 18.2 Å². The summed E-state index contributed by atoms with van der Waals surface area (Å²) in [6, 6.07) is 9.33. The summed E-state index contributed by atoms with van der Waals surface area (Å²) in [5.41, 5.74) is 7.87. The second-order valence-electron chi connectivity index (χ2n) is 10.1. The molecule has 1 aliphatic carbocycles. The van der Waals surface area contributed by atoms with E-state index in [4.69, 9.17) is 5.73 Å². The van der Waals surface area contributed by atoms with E-state index >= 15 is 0 Å². The Morgan fingerprint density at radius 1 is 1.11 bits per heavy atom. The molecule has 0 bridgehead atoms. The van der Waals surface area contributed by atoms with Crippen LogP contribution in [0.15, 0.2) is 43.1 Å². The molecular weight excluding hydrogens is 454 g/mol. The highest BCUT2D eigenvalue weighted by Crippen LogP contribution is 2.35. The van der Waals surface area contributed by atoms with Gasteiger partial charge >= 0.3 is 0 Å². The molecule has 3 fully saturated rings. The first-order chi connectivity index (χ1) is 17.4. The fourth-order valence-corrected chi connectivity index (χ4v) is 5.40. The number of anilines is 3. The summed E-state index contributed by atoms with van der Waals surface area (Å²) in [6.45, 7) is 7.21. The van der Waals surface area contributed by atoms with Gasteiger partial charge in [-0.2, -0.15) is 0 Å². The highest BCUT2D eigenvalue weighted by atomic mass is 16.2. The maximum atomic E-state index is 12.0. The molecule has 2 aromatic rings. The number of primary amides is 1. The number of aromatic nitrogens is 2. The summed E-state index contributed by atoms with van der Waals surface area (Å²) in [5, 5.41) is 3.25. The highest BCUT2D eigenvalue weighted by molar-refractivity contribution is 5.96. The van der Waals surface area contributed by atoms with Crippen LogP contribution in [0.3, 0.4) is 0 Å². The molecule has 9 nitrogen and oxygen atoms in total. The first-order valence-corrected chi connectivity index (χ1v) is 12.8. The maximum Gasteiger partial charge on any atom is 0.271 e. The topological polar surface area (TPSA) is 108 Å². The Kier molecular flexibility index (Phi) is 6.91. The van der Waals surface area contributed by atoms with Crippen LogP contribution >= 0.6 is 0 Å². The van der Waals surface area contributed by atoms with Crippen LogP contribution in [0.4, 0.5) is 17.3 Å². The number of likely N-dealkylation sites (tertiary alicyclic amines) is 2. The molecule has 3 aliphatic rings. The molecule has 3 heterocycles. The minimum Gasteiger partial charge on any atom is -0.364 e. The number of carbonyl (C=O) groups is 2. The van der Waals surface area contributed by atoms with Gasteiger partial charge in [-0.05, 0) is 74.9 Å². The van der Waals surface area contributed by atoms with E-state index < -0.39 is 5.91 Å². The van der Waals surface area contributed by atoms with Gasteiger partial charge < -0.3 is 25.8 Å². The van der Waals surface area contributed by atoms with Gasteiger partial charge in [0.15, 0.2) is 11.5 Å². The van der Waals surface area contributed by atoms with E-state index in [-0.39, 0.29) is 17.6 Å². The SMILES string of the molecule is C=CC(=O)N1CC[C@@H](N(C)c2cnc(C(N)=O)c(Nc3ccc(C4CCN(C5CC5)CC4)cc3)n2)C1. The van der Waals surface area contributed by atoms with E-state index in [1.165, 1.54) is 50.4 Å². The van der Waals surface area contributed by atoms with Crippen LogP contribution < -0.4 is 16.0 Å². The predicted octanol–water partition coefficient (Wildman–Crippen LogP) is 2.88. The second-order valence-corrected chi connectivity index (χ2v) is 10.1. The second kappa shape index (κ2) is 10.3. The standard InChI is InChI=1S/C27H35N7O2/c1-3-24(35)34-15-12-22(17-34)32(2)23-16-29-25(26(28)36)27(31-23)30-20-6-4-18(5-7-20)19-10-13-33(14-11-19)21-8-9-21/h3-7,16,19,21-22H,1,8-15,17H2,2H3,(H2,28,36)(H,30,31)/t22-/m1/s1. The molecule has 1 aromatic carbocycles. The smallest absolute Gasteiger partial charge is 0.271 e. The molecule has 2 amide bonds. The van der Waals surface area contributed by atoms with Crippen molar-refractivity contribution in [2.24, 2.45) is 5.73 Å². The van der Waals surface area contributed by atoms with Crippen LogP contribution in [-0.4, -0.2) is 76.9 Å². The van der Waals surface area contributed by atoms with Crippen molar-refractivity contribution in [3.05, 3.63) is 54.4 Å². The van der Waals surface area contributed by atoms with Crippen LogP contribution in [0.5, 0.6) is 0 Å². The third-order valence-corrected chi connectivity index (χ3v) is 7.79. The zero-order valence-electron chi connectivity index (χ0n) is 20.9. The number of rotatable bonds is 8. The number of hydrogen-bond donors (Lipinski definition) is 2. The normalized spacial score (nSPS) is 20.8. The summed E-state index contributed by atoms with van der Waals surface area (Å²) in [6.07, 6.45) is 8.85. The molecule has 190 valence electrons.